The molecule has 0 aliphatic carbocycles. The fourth-order valence-corrected chi connectivity index (χ4v) is 3.81. The molecule has 4 heteroatoms. The Hall–Kier alpha value is -0.613. The molecule has 1 unspecified atom stereocenters. The lowest BCUT2D eigenvalue weighted by atomic mass is 10.3. The number of hydrogen-bond donors (Lipinski definition) is 0. The molecule has 0 amide bonds. The summed E-state index contributed by atoms with van der Waals surface area (Å²) in [6.45, 7) is 14.2. The topological polar surface area (TPSA) is 35.5 Å². The highest BCUT2D eigenvalue weighted by atomic mass is 28.4. The van der Waals surface area contributed by atoms with Crippen LogP contribution in [0.15, 0.2) is 12.2 Å². The van der Waals surface area contributed by atoms with Gasteiger partial charge < -0.3 is 9.16 Å². The number of hydrogen-bond acceptors (Lipinski definition) is 3. The first-order valence-electron chi connectivity index (χ1n) is 5.85. The van der Waals surface area contributed by atoms with Crippen molar-refractivity contribution in [2.75, 3.05) is 6.61 Å². The Bertz CT molecular complexity index is 249. The second-order valence-corrected chi connectivity index (χ2v) is 8.64. The third-order valence-corrected chi connectivity index (χ3v) is 5.43. The van der Waals surface area contributed by atoms with Crippen LogP contribution in [0.25, 0.3) is 0 Å². The Labute approximate surface area is 100.0 Å². The highest BCUT2D eigenvalue weighted by Crippen LogP contribution is 2.19. The molecule has 0 aromatic heterocycles. The maximum absolute atomic E-state index is 11.5. The molecule has 0 heterocycles. The molecule has 1 atom stereocenters. The SMILES string of the molecule is C=C(C)C(=O)OC(CCC)[Si](C)(C)OCC. The quantitative estimate of drug-likeness (QED) is 0.392. The van der Waals surface area contributed by atoms with Crippen LogP contribution in [0.1, 0.15) is 33.6 Å². The Morgan fingerprint density at radius 2 is 1.94 bits per heavy atom. The minimum Gasteiger partial charge on any atom is -0.460 e. The molecule has 94 valence electrons. The van der Waals surface area contributed by atoms with Crippen molar-refractivity contribution in [3.8, 4) is 0 Å². The van der Waals surface area contributed by atoms with E-state index in [2.05, 4.69) is 26.6 Å². The monoisotopic (exact) mass is 244 g/mol. The molecule has 16 heavy (non-hydrogen) atoms. The first kappa shape index (κ1) is 15.4. The van der Waals surface area contributed by atoms with Gasteiger partial charge in [-0.25, -0.2) is 4.79 Å². The standard InChI is InChI=1S/C12H24O3Si/c1-7-9-11(15-12(13)10(3)4)16(5,6)14-8-2/h11H,3,7-9H2,1-2,4-6H3. The summed E-state index contributed by atoms with van der Waals surface area (Å²) in [7, 11) is -1.95. The fourth-order valence-electron chi connectivity index (χ4n) is 1.51. The molecule has 0 saturated carbocycles. The predicted octanol–water partition coefficient (Wildman–Crippen LogP) is 3.06. The van der Waals surface area contributed by atoms with E-state index >= 15 is 0 Å². The van der Waals surface area contributed by atoms with Crippen molar-refractivity contribution >= 4 is 14.3 Å². The summed E-state index contributed by atoms with van der Waals surface area (Å²) >= 11 is 0. The van der Waals surface area contributed by atoms with Crippen molar-refractivity contribution in [1.82, 2.24) is 0 Å². The van der Waals surface area contributed by atoms with E-state index in [1.54, 1.807) is 6.92 Å². The minimum atomic E-state index is -1.95. The second kappa shape index (κ2) is 6.86. The summed E-state index contributed by atoms with van der Waals surface area (Å²) < 4.78 is 11.2. The van der Waals surface area contributed by atoms with Crippen LogP contribution in [0.2, 0.25) is 13.1 Å². The lowest BCUT2D eigenvalue weighted by Crippen LogP contribution is -2.47. The molecule has 3 nitrogen and oxygen atoms in total. The van der Waals surface area contributed by atoms with Crippen LogP contribution < -0.4 is 0 Å². The van der Waals surface area contributed by atoms with E-state index in [0.717, 1.165) is 12.8 Å². The van der Waals surface area contributed by atoms with Crippen LogP contribution in [0.4, 0.5) is 0 Å². The average Bonchev–Trinajstić information content (AvgIpc) is 2.16. The molecule has 0 N–H and O–H groups in total. The molecule has 0 saturated heterocycles. The average molecular weight is 244 g/mol. The van der Waals surface area contributed by atoms with Gasteiger partial charge in [-0.2, -0.15) is 0 Å². The molecule has 0 fully saturated rings. The summed E-state index contributed by atoms with van der Waals surface area (Å²) in [6.07, 6.45) is 1.84. The molecule has 0 spiro atoms. The van der Waals surface area contributed by atoms with Crippen molar-refractivity contribution in [3.05, 3.63) is 12.2 Å². The first-order chi connectivity index (χ1) is 7.35. The first-order valence-corrected chi connectivity index (χ1v) is 8.84. The lowest BCUT2D eigenvalue weighted by Gasteiger charge is -2.31. The van der Waals surface area contributed by atoms with Gasteiger partial charge in [0, 0.05) is 12.2 Å². The molecule has 0 aliphatic heterocycles. The van der Waals surface area contributed by atoms with Crippen LogP contribution in [0, 0.1) is 0 Å². The largest absolute Gasteiger partial charge is 0.460 e. The number of carbonyl (C=O) groups is 1. The number of ether oxygens (including phenoxy) is 1. The minimum absolute atomic E-state index is 0.0818. The highest BCUT2D eigenvalue weighted by molar-refractivity contribution is 6.72. The Morgan fingerprint density at radius 3 is 2.31 bits per heavy atom. The van der Waals surface area contributed by atoms with Crippen LogP contribution in [0.5, 0.6) is 0 Å². The van der Waals surface area contributed by atoms with Gasteiger partial charge >= 0.3 is 5.97 Å². The predicted molar refractivity (Wildman–Crippen MR) is 68.7 cm³/mol. The van der Waals surface area contributed by atoms with Crippen molar-refractivity contribution in [3.63, 3.8) is 0 Å². The maximum atomic E-state index is 11.5. The summed E-state index contributed by atoms with van der Waals surface area (Å²) in [5, 5.41) is 0. The van der Waals surface area contributed by atoms with E-state index in [1.807, 2.05) is 6.92 Å². The third kappa shape index (κ3) is 4.94. The van der Waals surface area contributed by atoms with E-state index in [-0.39, 0.29) is 11.7 Å². The third-order valence-electron chi connectivity index (χ3n) is 2.44. The Balaban J connectivity index is 4.59. The van der Waals surface area contributed by atoms with Gasteiger partial charge in [-0.05, 0) is 33.4 Å². The summed E-state index contributed by atoms with van der Waals surface area (Å²) in [5.74, 6) is -0.307. The Kier molecular flexibility index (Phi) is 6.60. The summed E-state index contributed by atoms with van der Waals surface area (Å²) in [5.41, 5.74) is 0.365. The van der Waals surface area contributed by atoms with Gasteiger partial charge in [0.25, 0.3) is 0 Å². The van der Waals surface area contributed by atoms with Crippen LogP contribution in [-0.2, 0) is 14.0 Å². The fraction of sp³-hybridized carbons (Fsp3) is 0.750. The molecule has 0 aliphatic rings. The number of rotatable bonds is 7. The zero-order chi connectivity index (χ0) is 12.8. The molecular formula is C12H24O3Si. The molecule has 0 rings (SSSR count). The Morgan fingerprint density at radius 1 is 1.38 bits per heavy atom. The zero-order valence-corrected chi connectivity index (χ0v) is 12.1. The van der Waals surface area contributed by atoms with Crippen LogP contribution >= 0.6 is 0 Å². The van der Waals surface area contributed by atoms with Crippen LogP contribution in [-0.4, -0.2) is 26.6 Å². The van der Waals surface area contributed by atoms with E-state index in [0.29, 0.717) is 12.2 Å². The van der Waals surface area contributed by atoms with E-state index in [1.165, 1.54) is 0 Å². The van der Waals surface area contributed by atoms with Gasteiger partial charge in [0.1, 0.15) is 5.73 Å². The van der Waals surface area contributed by atoms with Gasteiger partial charge in [-0.15, -0.1) is 0 Å². The van der Waals surface area contributed by atoms with Crippen molar-refractivity contribution < 1.29 is 14.0 Å². The van der Waals surface area contributed by atoms with Gasteiger partial charge in [0.05, 0.1) is 0 Å². The molecule has 0 aromatic rings. The number of esters is 1. The summed E-state index contributed by atoms with van der Waals surface area (Å²) in [6, 6.07) is 0. The van der Waals surface area contributed by atoms with Gasteiger partial charge in [0.2, 0.25) is 8.32 Å². The van der Waals surface area contributed by atoms with Gasteiger partial charge in [-0.1, -0.05) is 19.9 Å². The van der Waals surface area contributed by atoms with E-state index in [4.69, 9.17) is 9.16 Å². The van der Waals surface area contributed by atoms with Crippen LogP contribution in [0.3, 0.4) is 0 Å². The highest BCUT2D eigenvalue weighted by Gasteiger charge is 2.36. The maximum Gasteiger partial charge on any atom is 0.333 e. The number of carbonyl (C=O) groups excluding carboxylic acids is 1. The van der Waals surface area contributed by atoms with Crippen molar-refractivity contribution in [2.45, 2.75) is 52.4 Å². The molecule has 0 radical (unpaired) electrons. The molecular weight excluding hydrogens is 220 g/mol. The van der Waals surface area contributed by atoms with E-state index < -0.39 is 8.32 Å². The zero-order valence-electron chi connectivity index (χ0n) is 11.1. The lowest BCUT2D eigenvalue weighted by molar-refractivity contribution is -0.141. The van der Waals surface area contributed by atoms with Gasteiger partial charge in [-0.3, -0.25) is 0 Å². The van der Waals surface area contributed by atoms with Crippen molar-refractivity contribution in [2.24, 2.45) is 0 Å². The molecule has 0 aromatic carbocycles. The normalized spacial score (nSPS) is 13.3. The smallest absolute Gasteiger partial charge is 0.333 e. The second-order valence-electron chi connectivity index (χ2n) is 4.50. The van der Waals surface area contributed by atoms with Gasteiger partial charge in [0.15, 0.2) is 0 Å². The molecule has 0 bridgehead atoms. The van der Waals surface area contributed by atoms with E-state index in [9.17, 15) is 4.79 Å². The summed E-state index contributed by atoms with van der Waals surface area (Å²) in [4.78, 5) is 11.5. The van der Waals surface area contributed by atoms with Crippen molar-refractivity contribution in [1.29, 1.82) is 0 Å².